The molecule has 136 valence electrons. The molecule has 0 aromatic heterocycles. The second-order valence-electron chi connectivity index (χ2n) is 5.98. The van der Waals surface area contributed by atoms with Crippen molar-refractivity contribution in [1.29, 1.82) is 5.26 Å². The third-order valence-electron chi connectivity index (χ3n) is 4.24. The molecular weight excluding hydrogens is 356 g/mol. The zero-order valence-corrected chi connectivity index (χ0v) is 15.9. The van der Waals surface area contributed by atoms with Crippen LogP contribution in [0.25, 0.3) is 10.8 Å². The van der Waals surface area contributed by atoms with Crippen LogP contribution in [0.2, 0.25) is 0 Å². The summed E-state index contributed by atoms with van der Waals surface area (Å²) < 4.78 is 5.39. The van der Waals surface area contributed by atoms with Crippen LogP contribution in [-0.4, -0.2) is 25.3 Å². The van der Waals surface area contributed by atoms with Crippen molar-refractivity contribution in [2.45, 2.75) is 5.75 Å². The van der Waals surface area contributed by atoms with Crippen molar-refractivity contribution in [3.63, 3.8) is 0 Å². The van der Waals surface area contributed by atoms with Gasteiger partial charge in [0.15, 0.2) is 0 Å². The predicted molar refractivity (Wildman–Crippen MR) is 110 cm³/mol. The lowest BCUT2D eigenvalue weighted by Crippen LogP contribution is -2.26. The molecule has 4 nitrogen and oxygen atoms in total. The zero-order chi connectivity index (χ0) is 19.1. The van der Waals surface area contributed by atoms with Crippen LogP contribution in [0.4, 0.5) is 0 Å². The van der Waals surface area contributed by atoms with E-state index in [1.807, 2.05) is 60.7 Å². The zero-order valence-electron chi connectivity index (χ0n) is 15.1. The molecule has 1 amide bonds. The van der Waals surface area contributed by atoms with Crippen LogP contribution < -0.4 is 10.1 Å². The van der Waals surface area contributed by atoms with Gasteiger partial charge in [-0.05, 0) is 34.5 Å². The van der Waals surface area contributed by atoms with E-state index in [2.05, 4.69) is 11.4 Å². The van der Waals surface area contributed by atoms with E-state index < -0.39 is 0 Å². The number of methoxy groups -OCH3 is 1. The second-order valence-corrected chi connectivity index (χ2v) is 7.08. The first-order valence-electron chi connectivity index (χ1n) is 8.63. The summed E-state index contributed by atoms with van der Waals surface area (Å²) in [5.74, 6) is 1.94. The number of ether oxygens (including phenoxy) is 1. The molecule has 0 bridgehead atoms. The number of rotatable bonds is 7. The van der Waals surface area contributed by atoms with Gasteiger partial charge in [-0.2, -0.15) is 17.0 Å². The van der Waals surface area contributed by atoms with Gasteiger partial charge < -0.3 is 10.1 Å². The highest BCUT2D eigenvalue weighted by Crippen LogP contribution is 2.26. The van der Waals surface area contributed by atoms with E-state index >= 15 is 0 Å². The highest BCUT2D eigenvalue weighted by Gasteiger charge is 2.13. The number of amides is 1. The lowest BCUT2D eigenvalue weighted by molar-refractivity contribution is 0.0953. The summed E-state index contributed by atoms with van der Waals surface area (Å²) in [4.78, 5) is 12.6. The highest BCUT2D eigenvalue weighted by molar-refractivity contribution is 7.98. The van der Waals surface area contributed by atoms with E-state index in [0.29, 0.717) is 23.4 Å². The summed E-state index contributed by atoms with van der Waals surface area (Å²) in [6, 6.07) is 21.4. The fourth-order valence-electron chi connectivity index (χ4n) is 2.84. The molecule has 0 fully saturated rings. The molecule has 0 saturated carbocycles. The number of nitrogens with one attached hydrogen (secondary N) is 1. The molecule has 0 heterocycles. The summed E-state index contributed by atoms with van der Waals surface area (Å²) in [5.41, 5.74) is 2.26. The van der Waals surface area contributed by atoms with Gasteiger partial charge in [0, 0.05) is 18.1 Å². The number of hydrogen-bond donors (Lipinski definition) is 1. The average molecular weight is 376 g/mol. The molecule has 0 unspecified atom stereocenters. The molecule has 0 saturated heterocycles. The van der Waals surface area contributed by atoms with Crippen molar-refractivity contribution in [1.82, 2.24) is 5.32 Å². The Hall–Kier alpha value is -2.97. The van der Waals surface area contributed by atoms with Gasteiger partial charge in [-0.25, -0.2) is 0 Å². The van der Waals surface area contributed by atoms with Crippen LogP contribution in [0.3, 0.4) is 0 Å². The maximum Gasteiger partial charge on any atom is 0.255 e. The lowest BCUT2D eigenvalue weighted by atomic mass is 10.1. The molecule has 0 aliphatic heterocycles. The molecule has 0 atom stereocenters. The van der Waals surface area contributed by atoms with Gasteiger partial charge in [0.25, 0.3) is 5.91 Å². The number of fused-ring (bicyclic) bond motifs is 1. The topological polar surface area (TPSA) is 62.1 Å². The Morgan fingerprint density at radius 2 is 1.81 bits per heavy atom. The Morgan fingerprint density at radius 1 is 1.11 bits per heavy atom. The quantitative estimate of drug-likeness (QED) is 0.622. The number of thioether (sulfide) groups is 1. The first-order chi connectivity index (χ1) is 13.2. The van der Waals surface area contributed by atoms with Crippen LogP contribution in [0.1, 0.15) is 21.5 Å². The van der Waals surface area contributed by atoms with E-state index in [1.54, 1.807) is 18.9 Å². The number of carbonyl (C=O) groups is 1. The first-order valence-corrected chi connectivity index (χ1v) is 9.79. The Morgan fingerprint density at radius 3 is 2.56 bits per heavy atom. The largest absolute Gasteiger partial charge is 0.496 e. The third kappa shape index (κ3) is 4.60. The molecule has 27 heavy (non-hydrogen) atoms. The fourth-order valence-corrected chi connectivity index (χ4v) is 3.70. The van der Waals surface area contributed by atoms with Gasteiger partial charge in [-0.15, -0.1) is 0 Å². The van der Waals surface area contributed by atoms with Gasteiger partial charge in [0.05, 0.1) is 24.3 Å². The maximum atomic E-state index is 12.6. The summed E-state index contributed by atoms with van der Waals surface area (Å²) in [7, 11) is 1.57. The number of nitriles is 1. The minimum atomic E-state index is -0.143. The van der Waals surface area contributed by atoms with Crippen LogP contribution >= 0.6 is 11.8 Å². The van der Waals surface area contributed by atoms with Crippen LogP contribution in [0.5, 0.6) is 5.75 Å². The van der Waals surface area contributed by atoms with Crippen molar-refractivity contribution in [2.75, 3.05) is 19.4 Å². The SMILES string of the molecule is COc1cc2ccccc2cc1C(=O)NCCSCc1ccccc1C#N. The van der Waals surface area contributed by atoms with Crippen molar-refractivity contribution in [2.24, 2.45) is 0 Å². The van der Waals surface area contributed by atoms with E-state index in [4.69, 9.17) is 10.00 Å². The van der Waals surface area contributed by atoms with Gasteiger partial charge in [-0.3, -0.25) is 4.79 Å². The van der Waals surface area contributed by atoms with Gasteiger partial charge in [0.2, 0.25) is 0 Å². The van der Waals surface area contributed by atoms with E-state index in [9.17, 15) is 4.79 Å². The van der Waals surface area contributed by atoms with E-state index in [0.717, 1.165) is 27.8 Å². The number of hydrogen-bond acceptors (Lipinski definition) is 4. The van der Waals surface area contributed by atoms with E-state index in [1.165, 1.54) is 0 Å². The van der Waals surface area contributed by atoms with Gasteiger partial charge in [-0.1, -0.05) is 42.5 Å². The Bertz CT molecular complexity index is 995. The fraction of sp³-hybridized carbons (Fsp3) is 0.182. The monoisotopic (exact) mass is 376 g/mol. The molecule has 5 heteroatoms. The van der Waals surface area contributed by atoms with Crippen LogP contribution in [0, 0.1) is 11.3 Å². The third-order valence-corrected chi connectivity index (χ3v) is 5.25. The summed E-state index contributed by atoms with van der Waals surface area (Å²) in [6.45, 7) is 0.550. The lowest BCUT2D eigenvalue weighted by Gasteiger charge is -2.11. The molecular formula is C22H20N2O2S. The molecule has 1 N–H and O–H groups in total. The second kappa shape index (κ2) is 9.11. The van der Waals surface area contributed by atoms with Crippen molar-refractivity contribution < 1.29 is 9.53 Å². The van der Waals surface area contributed by atoms with Gasteiger partial charge >= 0.3 is 0 Å². The molecule has 0 aliphatic carbocycles. The average Bonchev–Trinajstić information content (AvgIpc) is 2.72. The van der Waals surface area contributed by atoms with Crippen LogP contribution in [-0.2, 0) is 5.75 Å². The Labute approximate surface area is 163 Å². The minimum Gasteiger partial charge on any atom is -0.496 e. The standard InChI is InChI=1S/C22H20N2O2S/c1-26-21-13-17-7-3-2-6-16(17)12-20(21)22(25)24-10-11-27-15-19-9-5-4-8-18(19)14-23/h2-9,12-13H,10-11,15H2,1H3,(H,24,25). The number of benzene rings is 3. The molecule has 3 rings (SSSR count). The van der Waals surface area contributed by atoms with Crippen molar-refractivity contribution in [3.8, 4) is 11.8 Å². The number of carbonyl (C=O) groups excluding carboxylic acids is 1. The van der Waals surface area contributed by atoms with Crippen molar-refractivity contribution >= 4 is 28.4 Å². The molecule has 3 aromatic rings. The highest BCUT2D eigenvalue weighted by atomic mass is 32.2. The van der Waals surface area contributed by atoms with Crippen molar-refractivity contribution in [3.05, 3.63) is 77.4 Å². The normalized spacial score (nSPS) is 10.4. The Kier molecular flexibility index (Phi) is 6.35. The first kappa shape index (κ1) is 18.8. The number of nitrogens with zero attached hydrogens (tertiary/aromatic N) is 1. The summed E-state index contributed by atoms with van der Waals surface area (Å²) >= 11 is 1.69. The minimum absolute atomic E-state index is 0.143. The van der Waals surface area contributed by atoms with Crippen LogP contribution in [0.15, 0.2) is 60.7 Å². The molecule has 0 aliphatic rings. The smallest absolute Gasteiger partial charge is 0.255 e. The van der Waals surface area contributed by atoms with E-state index in [-0.39, 0.29) is 5.91 Å². The van der Waals surface area contributed by atoms with Gasteiger partial charge in [0.1, 0.15) is 5.75 Å². The predicted octanol–water partition coefficient (Wildman–Crippen LogP) is 4.38. The molecule has 0 radical (unpaired) electrons. The maximum absolute atomic E-state index is 12.6. The Balaban J connectivity index is 1.56. The summed E-state index contributed by atoms with van der Waals surface area (Å²) in [5, 5.41) is 14.1. The molecule has 3 aromatic carbocycles. The molecule has 0 spiro atoms. The summed E-state index contributed by atoms with van der Waals surface area (Å²) in [6.07, 6.45) is 0.